The molecule has 6 nitrogen and oxygen atoms in total. The SMILES string of the molecule is O=S(=O)(c1ccn[nH]1)N1CCN2CCCC2C1. The fraction of sp³-hybridized carbons (Fsp3) is 0.700. The van der Waals surface area contributed by atoms with Crippen molar-refractivity contribution in [3.8, 4) is 0 Å². The van der Waals surface area contributed by atoms with Gasteiger partial charge >= 0.3 is 0 Å². The molecule has 7 heteroatoms. The number of piperazine rings is 1. The molecule has 17 heavy (non-hydrogen) atoms. The minimum Gasteiger partial charge on any atom is -0.298 e. The monoisotopic (exact) mass is 256 g/mol. The van der Waals surface area contributed by atoms with Gasteiger partial charge in [-0.2, -0.15) is 9.40 Å². The van der Waals surface area contributed by atoms with Crippen molar-refractivity contribution < 1.29 is 8.42 Å². The molecular weight excluding hydrogens is 240 g/mol. The highest BCUT2D eigenvalue weighted by atomic mass is 32.2. The fourth-order valence-electron chi connectivity index (χ4n) is 2.71. The van der Waals surface area contributed by atoms with Crippen molar-refractivity contribution in [3.63, 3.8) is 0 Å². The number of aromatic amines is 1. The van der Waals surface area contributed by atoms with Crippen LogP contribution >= 0.6 is 0 Å². The van der Waals surface area contributed by atoms with Gasteiger partial charge < -0.3 is 0 Å². The van der Waals surface area contributed by atoms with E-state index in [0.717, 1.165) is 19.5 Å². The minimum absolute atomic E-state index is 0.198. The first-order valence-corrected chi connectivity index (χ1v) is 7.35. The Bertz CT molecular complexity index is 484. The van der Waals surface area contributed by atoms with Crippen LogP contribution in [0.2, 0.25) is 0 Å². The molecule has 0 radical (unpaired) electrons. The molecule has 0 saturated carbocycles. The van der Waals surface area contributed by atoms with Gasteiger partial charge in [0.2, 0.25) is 0 Å². The highest BCUT2D eigenvalue weighted by Crippen LogP contribution is 2.24. The van der Waals surface area contributed by atoms with Gasteiger partial charge in [-0.05, 0) is 25.5 Å². The summed E-state index contributed by atoms with van der Waals surface area (Å²) in [4.78, 5) is 2.39. The summed E-state index contributed by atoms with van der Waals surface area (Å²) in [7, 11) is -3.37. The maximum Gasteiger partial charge on any atom is 0.260 e. The Balaban J connectivity index is 1.81. The Hall–Kier alpha value is -0.920. The highest BCUT2D eigenvalue weighted by Gasteiger charge is 2.36. The standard InChI is InChI=1S/C10H16N4O2S/c15-17(16,10-3-4-11-12-10)14-7-6-13-5-1-2-9(13)8-14/h3-4,9H,1-2,5-8H2,(H,11,12). The topological polar surface area (TPSA) is 69.3 Å². The lowest BCUT2D eigenvalue weighted by atomic mass is 10.2. The first kappa shape index (κ1) is 11.2. The molecule has 94 valence electrons. The number of hydrogen-bond donors (Lipinski definition) is 1. The predicted molar refractivity (Wildman–Crippen MR) is 61.9 cm³/mol. The van der Waals surface area contributed by atoms with E-state index in [1.807, 2.05) is 0 Å². The summed E-state index contributed by atoms with van der Waals surface area (Å²) < 4.78 is 26.1. The molecule has 1 aromatic rings. The number of aromatic nitrogens is 2. The second-order valence-electron chi connectivity index (χ2n) is 4.62. The lowest BCUT2D eigenvalue weighted by Gasteiger charge is -2.36. The second kappa shape index (κ2) is 4.08. The largest absolute Gasteiger partial charge is 0.298 e. The van der Waals surface area contributed by atoms with E-state index in [4.69, 9.17) is 0 Å². The summed E-state index contributed by atoms with van der Waals surface area (Å²) in [6.45, 7) is 3.15. The van der Waals surface area contributed by atoms with E-state index in [0.29, 0.717) is 19.1 Å². The molecule has 1 atom stereocenters. The van der Waals surface area contributed by atoms with Gasteiger partial charge in [-0.15, -0.1) is 0 Å². The van der Waals surface area contributed by atoms with E-state index in [9.17, 15) is 8.42 Å². The Morgan fingerprint density at radius 3 is 3.00 bits per heavy atom. The molecule has 3 rings (SSSR count). The number of H-pyrrole nitrogens is 1. The average Bonchev–Trinajstić information content (AvgIpc) is 2.99. The molecule has 1 unspecified atom stereocenters. The van der Waals surface area contributed by atoms with Crippen molar-refractivity contribution in [3.05, 3.63) is 12.3 Å². The third kappa shape index (κ3) is 1.88. The normalized spacial score (nSPS) is 27.2. The van der Waals surface area contributed by atoms with Crippen molar-refractivity contribution in [2.75, 3.05) is 26.2 Å². The van der Waals surface area contributed by atoms with Crippen LogP contribution in [0.3, 0.4) is 0 Å². The maximum atomic E-state index is 12.3. The maximum absolute atomic E-state index is 12.3. The van der Waals surface area contributed by atoms with Gasteiger partial charge in [0, 0.05) is 25.7 Å². The predicted octanol–water partition coefficient (Wildman–Crippen LogP) is -0.122. The minimum atomic E-state index is -3.37. The lowest BCUT2D eigenvalue weighted by molar-refractivity contribution is 0.158. The van der Waals surface area contributed by atoms with Crippen LogP contribution in [0.1, 0.15) is 12.8 Å². The third-order valence-corrected chi connectivity index (χ3v) is 5.44. The van der Waals surface area contributed by atoms with Gasteiger partial charge in [-0.3, -0.25) is 10.00 Å². The zero-order valence-corrected chi connectivity index (χ0v) is 10.4. The summed E-state index contributed by atoms with van der Waals surface area (Å²) in [5, 5.41) is 6.45. The van der Waals surface area contributed by atoms with E-state index in [2.05, 4.69) is 15.1 Å². The Morgan fingerprint density at radius 2 is 2.24 bits per heavy atom. The molecule has 2 aliphatic rings. The zero-order valence-electron chi connectivity index (χ0n) is 9.54. The summed E-state index contributed by atoms with van der Waals surface area (Å²) in [6, 6.07) is 1.91. The smallest absolute Gasteiger partial charge is 0.260 e. The van der Waals surface area contributed by atoms with E-state index < -0.39 is 10.0 Å². The molecule has 0 amide bonds. The van der Waals surface area contributed by atoms with Gasteiger partial charge in [0.1, 0.15) is 0 Å². The van der Waals surface area contributed by atoms with Crippen molar-refractivity contribution in [1.82, 2.24) is 19.4 Å². The molecule has 2 aliphatic heterocycles. The van der Waals surface area contributed by atoms with E-state index >= 15 is 0 Å². The van der Waals surface area contributed by atoms with Gasteiger partial charge in [-0.25, -0.2) is 8.42 Å². The average molecular weight is 256 g/mol. The first-order valence-electron chi connectivity index (χ1n) is 5.91. The van der Waals surface area contributed by atoms with Gasteiger partial charge in [-0.1, -0.05) is 0 Å². The van der Waals surface area contributed by atoms with Crippen LogP contribution in [-0.2, 0) is 10.0 Å². The molecule has 1 N–H and O–H groups in total. The Morgan fingerprint density at radius 1 is 1.35 bits per heavy atom. The van der Waals surface area contributed by atoms with Gasteiger partial charge in [0.25, 0.3) is 10.0 Å². The quantitative estimate of drug-likeness (QED) is 0.801. The summed E-state index contributed by atoms with van der Waals surface area (Å²) in [5.41, 5.74) is 0. The molecule has 0 spiro atoms. The van der Waals surface area contributed by atoms with Gasteiger partial charge in [0.05, 0.1) is 6.20 Å². The molecule has 0 aromatic carbocycles. The van der Waals surface area contributed by atoms with Crippen molar-refractivity contribution in [2.45, 2.75) is 23.9 Å². The van der Waals surface area contributed by atoms with Crippen molar-refractivity contribution in [1.29, 1.82) is 0 Å². The second-order valence-corrected chi connectivity index (χ2v) is 6.52. The zero-order chi connectivity index (χ0) is 11.9. The molecule has 2 saturated heterocycles. The number of nitrogens with zero attached hydrogens (tertiary/aromatic N) is 3. The number of fused-ring (bicyclic) bond motifs is 1. The van der Waals surface area contributed by atoms with Crippen LogP contribution in [0.5, 0.6) is 0 Å². The lowest BCUT2D eigenvalue weighted by Crippen LogP contribution is -2.51. The summed E-state index contributed by atoms with van der Waals surface area (Å²) in [6.07, 6.45) is 3.76. The molecule has 0 aliphatic carbocycles. The van der Waals surface area contributed by atoms with E-state index in [1.54, 1.807) is 4.31 Å². The van der Waals surface area contributed by atoms with Crippen LogP contribution in [-0.4, -0.2) is 60.0 Å². The molecular formula is C10H16N4O2S. The Kier molecular flexibility index (Phi) is 2.68. The number of hydrogen-bond acceptors (Lipinski definition) is 4. The van der Waals surface area contributed by atoms with Crippen LogP contribution in [0, 0.1) is 0 Å². The van der Waals surface area contributed by atoms with Crippen LogP contribution < -0.4 is 0 Å². The fourth-order valence-corrected chi connectivity index (χ4v) is 4.08. The van der Waals surface area contributed by atoms with Crippen molar-refractivity contribution >= 4 is 10.0 Å². The first-order chi connectivity index (χ1) is 8.18. The number of sulfonamides is 1. The van der Waals surface area contributed by atoms with E-state index in [-0.39, 0.29) is 5.03 Å². The molecule has 1 aromatic heterocycles. The molecule has 0 bridgehead atoms. The van der Waals surface area contributed by atoms with E-state index in [1.165, 1.54) is 18.7 Å². The van der Waals surface area contributed by atoms with Gasteiger partial charge in [0.15, 0.2) is 5.03 Å². The molecule has 3 heterocycles. The Labute approximate surface area is 101 Å². The number of rotatable bonds is 2. The summed E-state index contributed by atoms with van der Waals surface area (Å²) in [5.74, 6) is 0. The van der Waals surface area contributed by atoms with Crippen LogP contribution in [0.25, 0.3) is 0 Å². The highest BCUT2D eigenvalue weighted by molar-refractivity contribution is 7.89. The molecule has 2 fully saturated rings. The summed E-state index contributed by atoms with van der Waals surface area (Å²) >= 11 is 0. The van der Waals surface area contributed by atoms with Crippen LogP contribution in [0.15, 0.2) is 17.3 Å². The third-order valence-electron chi connectivity index (χ3n) is 3.64. The van der Waals surface area contributed by atoms with Crippen LogP contribution in [0.4, 0.5) is 0 Å². The number of nitrogens with one attached hydrogen (secondary N) is 1. The van der Waals surface area contributed by atoms with Crippen molar-refractivity contribution in [2.24, 2.45) is 0 Å².